The van der Waals surface area contributed by atoms with Crippen LogP contribution in [0, 0.1) is 5.92 Å². The maximum Gasteiger partial charge on any atom is 0.232 e. The van der Waals surface area contributed by atoms with Crippen molar-refractivity contribution in [1.82, 2.24) is 10.2 Å². The Hall–Kier alpha value is -1.85. The van der Waals surface area contributed by atoms with Gasteiger partial charge in [-0.15, -0.1) is 10.2 Å². The average molecular weight is 473 g/mol. The van der Waals surface area contributed by atoms with Crippen molar-refractivity contribution in [1.29, 1.82) is 0 Å². The van der Waals surface area contributed by atoms with Crippen LogP contribution in [0.25, 0.3) is 0 Å². The molecule has 0 aliphatic heterocycles. The predicted molar refractivity (Wildman–Crippen MR) is 123 cm³/mol. The Balaban J connectivity index is 1.88. The average Bonchev–Trinajstić information content (AvgIpc) is 3.11. The zero-order valence-electron chi connectivity index (χ0n) is 17.6. The molecule has 30 heavy (non-hydrogen) atoms. The third-order valence-corrected chi connectivity index (χ3v) is 7.39. The molecule has 0 fully saturated rings. The van der Waals surface area contributed by atoms with E-state index in [0.717, 1.165) is 16.3 Å². The topological polar surface area (TPSA) is 101 Å². The molecule has 0 bridgehead atoms. The first-order valence-corrected chi connectivity index (χ1v) is 13.3. The van der Waals surface area contributed by atoms with Crippen LogP contribution in [0.3, 0.4) is 0 Å². The molecule has 1 aromatic heterocycles. The van der Waals surface area contributed by atoms with Crippen molar-refractivity contribution >= 4 is 49.8 Å². The lowest BCUT2D eigenvalue weighted by molar-refractivity contribution is -0.116. The molecular weight excluding hydrogens is 444 g/mol. The molecule has 0 unspecified atom stereocenters. The molecule has 0 aliphatic carbocycles. The molecule has 0 radical (unpaired) electrons. The first kappa shape index (κ1) is 24.4. The Morgan fingerprint density at radius 2 is 1.97 bits per heavy atom. The summed E-state index contributed by atoms with van der Waals surface area (Å²) in [6.45, 7) is 6.88. The fraction of sp³-hybridized carbons (Fsp3) is 0.526. The lowest BCUT2D eigenvalue weighted by Gasteiger charge is -2.22. The van der Waals surface area contributed by atoms with E-state index in [1.165, 1.54) is 15.6 Å². The van der Waals surface area contributed by atoms with Crippen LogP contribution in [0.4, 0.5) is 10.8 Å². The van der Waals surface area contributed by atoms with E-state index in [-0.39, 0.29) is 18.9 Å². The number of nitrogens with one attached hydrogen (secondary N) is 1. The maximum atomic E-state index is 12.2. The normalized spacial score (nSPS) is 11.5. The van der Waals surface area contributed by atoms with Gasteiger partial charge in [0.15, 0.2) is 4.34 Å². The molecule has 2 aromatic rings. The molecule has 2 rings (SSSR count). The van der Waals surface area contributed by atoms with Crippen LogP contribution < -0.4 is 14.4 Å². The number of rotatable bonds is 12. The van der Waals surface area contributed by atoms with Gasteiger partial charge in [0.2, 0.25) is 21.1 Å². The summed E-state index contributed by atoms with van der Waals surface area (Å²) in [6, 6.07) is 6.86. The van der Waals surface area contributed by atoms with Crippen LogP contribution in [0.1, 0.15) is 33.6 Å². The highest BCUT2D eigenvalue weighted by Crippen LogP contribution is 2.27. The van der Waals surface area contributed by atoms with Crippen molar-refractivity contribution in [2.45, 2.75) is 38.0 Å². The second-order valence-electron chi connectivity index (χ2n) is 6.99. The fourth-order valence-electron chi connectivity index (χ4n) is 2.48. The molecule has 11 heteroatoms. The van der Waals surface area contributed by atoms with E-state index in [9.17, 15) is 13.2 Å². The van der Waals surface area contributed by atoms with Crippen LogP contribution >= 0.6 is 23.1 Å². The van der Waals surface area contributed by atoms with Crippen molar-refractivity contribution in [3.8, 4) is 5.75 Å². The Morgan fingerprint density at radius 3 is 2.57 bits per heavy atom. The summed E-state index contributed by atoms with van der Waals surface area (Å²) in [7, 11) is -3.47. The van der Waals surface area contributed by atoms with E-state index in [2.05, 4.69) is 29.4 Å². The van der Waals surface area contributed by atoms with Gasteiger partial charge in [0.25, 0.3) is 0 Å². The minimum atomic E-state index is -3.47. The van der Waals surface area contributed by atoms with E-state index < -0.39 is 10.0 Å². The van der Waals surface area contributed by atoms with Gasteiger partial charge in [-0.3, -0.25) is 9.10 Å². The lowest BCUT2D eigenvalue weighted by atomic mass is 10.2. The van der Waals surface area contributed by atoms with E-state index in [1.54, 1.807) is 36.0 Å². The van der Waals surface area contributed by atoms with Gasteiger partial charge in [0.05, 0.1) is 18.6 Å². The van der Waals surface area contributed by atoms with Crippen LogP contribution in [-0.2, 0) is 14.8 Å². The Morgan fingerprint density at radius 1 is 1.27 bits per heavy atom. The number of hydrogen-bond donors (Lipinski definition) is 1. The van der Waals surface area contributed by atoms with Gasteiger partial charge in [-0.25, -0.2) is 8.42 Å². The first-order chi connectivity index (χ1) is 14.2. The number of carbonyl (C=O) groups excluding carboxylic acids is 1. The SMILES string of the molecule is CCOc1ccc(N(CCCC(=O)Nc2nnc(SCC(C)C)s2)S(C)(=O)=O)cc1. The third-order valence-electron chi connectivity index (χ3n) is 3.79. The van der Waals surface area contributed by atoms with Crippen molar-refractivity contribution in [2.75, 3.05) is 34.8 Å². The zero-order valence-corrected chi connectivity index (χ0v) is 20.1. The molecule has 0 saturated heterocycles. The van der Waals surface area contributed by atoms with Gasteiger partial charge < -0.3 is 10.1 Å². The minimum Gasteiger partial charge on any atom is -0.494 e. The molecule has 1 heterocycles. The maximum absolute atomic E-state index is 12.2. The number of amides is 1. The fourth-order valence-corrected chi connectivity index (χ4v) is 5.19. The van der Waals surface area contributed by atoms with Gasteiger partial charge in [0.1, 0.15) is 5.75 Å². The smallest absolute Gasteiger partial charge is 0.232 e. The van der Waals surface area contributed by atoms with Gasteiger partial charge in [-0.1, -0.05) is 36.9 Å². The van der Waals surface area contributed by atoms with E-state index in [1.807, 2.05) is 6.92 Å². The second kappa shape index (κ2) is 11.5. The van der Waals surface area contributed by atoms with Gasteiger partial charge in [0, 0.05) is 18.7 Å². The number of anilines is 2. The molecule has 0 aliphatic rings. The van der Waals surface area contributed by atoms with Crippen molar-refractivity contribution in [3.05, 3.63) is 24.3 Å². The molecular formula is C19H28N4O4S3. The Labute approximate surface area is 186 Å². The third kappa shape index (κ3) is 8.11. The number of aromatic nitrogens is 2. The molecule has 0 saturated carbocycles. The number of thioether (sulfide) groups is 1. The van der Waals surface area contributed by atoms with Gasteiger partial charge in [-0.05, 0) is 43.5 Å². The largest absolute Gasteiger partial charge is 0.494 e. The number of benzene rings is 1. The van der Waals surface area contributed by atoms with Crippen molar-refractivity contribution in [3.63, 3.8) is 0 Å². The lowest BCUT2D eigenvalue weighted by Crippen LogP contribution is -2.31. The Kier molecular flexibility index (Phi) is 9.37. The van der Waals surface area contributed by atoms with Crippen LogP contribution in [0.15, 0.2) is 28.6 Å². The summed E-state index contributed by atoms with van der Waals surface area (Å²) >= 11 is 2.95. The highest BCUT2D eigenvalue weighted by Gasteiger charge is 2.18. The van der Waals surface area contributed by atoms with E-state index in [4.69, 9.17) is 4.74 Å². The number of sulfonamides is 1. The quantitative estimate of drug-likeness (QED) is 0.369. The van der Waals surface area contributed by atoms with Crippen molar-refractivity contribution in [2.24, 2.45) is 5.92 Å². The monoisotopic (exact) mass is 472 g/mol. The summed E-state index contributed by atoms with van der Waals surface area (Å²) in [5.41, 5.74) is 0.539. The molecule has 1 N–H and O–H groups in total. The predicted octanol–water partition coefficient (Wildman–Crippen LogP) is 3.87. The van der Waals surface area contributed by atoms with Crippen LogP contribution in [-0.4, -0.2) is 49.7 Å². The number of nitrogens with zero attached hydrogens (tertiary/aromatic N) is 3. The number of hydrogen-bond acceptors (Lipinski definition) is 8. The Bertz CT molecular complexity index is 914. The summed E-state index contributed by atoms with van der Waals surface area (Å²) in [5, 5.41) is 11.2. The highest BCUT2D eigenvalue weighted by molar-refractivity contribution is 8.01. The standard InChI is InChI=1S/C19H28N4O4S3/c1-5-27-16-10-8-15(9-11-16)23(30(4,25)26)12-6-7-17(24)20-18-21-22-19(29-18)28-13-14(2)3/h8-11,14H,5-7,12-13H2,1-4H3,(H,20,21,24). The second-order valence-corrected chi connectivity index (χ2v) is 11.1. The van der Waals surface area contributed by atoms with Gasteiger partial charge in [-0.2, -0.15) is 0 Å². The van der Waals surface area contributed by atoms with Crippen LogP contribution in [0.5, 0.6) is 5.75 Å². The molecule has 0 atom stereocenters. The highest BCUT2D eigenvalue weighted by atomic mass is 32.2. The molecule has 0 spiro atoms. The van der Waals surface area contributed by atoms with Gasteiger partial charge >= 0.3 is 0 Å². The molecule has 166 valence electrons. The summed E-state index contributed by atoms with van der Waals surface area (Å²) in [4.78, 5) is 12.2. The van der Waals surface area contributed by atoms with E-state index >= 15 is 0 Å². The zero-order chi connectivity index (χ0) is 22.1. The summed E-state index contributed by atoms with van der Waals surface area (Å²) in [5.74, 6) is 1.95. The first-order valence-electron chi connectivity index (χ1n) is 9.65. The molecule has 1 amide bonds. The molecule has 8 nitrogen and oxygen atoms in total. The summed E-state index contributed by atoms with van der Waals surface area (Å²) in [6.07, 6.45) is 1.71. The minimum absolute atomic E-state index is 0.178. The number of ether oxygens (including phenoxy) is 1. The van der Waals surface area contributed by atoms with E-state index in [0.29, 0.717) is 35.5 Å². The summed E-state index contributed by atoms with van der Waals surface area (Å²) < 4.78 is 31.9. The molecule has 1 aromatic carbocycles. The van der Waals surface area contributed by atoms with Crippen LogP contribution in [0.2, 0.25) is 0 Å². The van der Waals surface area contributed by atoms with Crippen molar-refractivity contribution < 1.29 is 17.9 Å². The number of carbonyl (C=O) groups is 1.